The zero-order valence-corrected chi connectivity index (χ0v) is 14.9. The average Bonchev–Trinajstić information content (AvgIpc) is 3.36. The standard InChI is InChI=1S/C21H25N3O/c1-16-12-18(8-7-17-5-6-17)9-10-19(16)13-20-14-24(23-22-20)15-21-4-2-3-11-25-21/h9-10,12,14,17,21H,2-6,11,13,15H2,1H3/t21-/m1/s1. The zero-order chi connectivity index (χ0) is 17.1. The number of ether oxygens (including phenoxy) is 1. The van der Waals surface area contributed by atoms with Crippen LogP contribution >= 0.6 is 0 Å². The molecule has 0 spiro atoms. The lowest BCUT2D eigenvalue weighted by molar-refractivity contribution is 0.00370. The number of hydrogen-bond acceptors (Lipinski definition) is 3. The molecule has 1 atom stereocenters. The molecule has 4 heteroatoms. The molecule has 1 aliphatic carbocycles. The highest BCUT2D eigenvalue weighted by atomic mass is 16.5. The minimum atomic E-state index is 0.286. The van der Waals surface area contributed by atoms with E-state index >= 15 is 0 Å². The number of nitrogens with zero attached hydrogens (tertiary/aromatic N) is 3. The lowest BCUT2D eigenvalue weighted by atomic mass is 10.0. The summed E-state index contributed by atoms with van der Waals surface area (Å²) in [6, 6.07) is 6.48. The van der Waals surface area contributed by atoms with Gasteiger partial charge in [0.1, 0.15) is 0 Å². The van der Waals surface area contributed by atoms with E-state index in [0.29, 0.717) is 5.92 Å². The minimum absolute atomic E-state index is 0.286. The molecule has 2 aromatic rings. The van der Waals surface area contributed by atoms with Crippen molar-refractivity contribution in [2.24, 2.45) is 5.92 Å². The number of rotatable bonds is 4. The molecule has 25 heavy (non-hydrogen) atoms. The predicted molar refractivity (Wildman–Crippen MR) is 97.2 cm³/mol. The quantitative estimate of drug-likeness (QED) is 0.803. The first-order valence-electron chi connectivity index (χ1n) is 9.38. The van der Waals surface area contributed by atoms with Crippen LogP contribution in [0.4, 0.5) is 0 Å². The summed E-state index contributed by atoms with van der Waals surface area (Å²) in [5.74, 6) is 7.26. The summed E-state index contributed by atoms with van der Waals surface area (Å²) in [4.78, 5) is 0. The predicted octanol–water partition coefficient (Wildman–Crippen LogP) is 3.51. The fourth-order valence-electron chi connectivity index (χ4n) is 3.25. The van der Waals surface area contributed by atoms with Crippen molar-refractivity contribution < 1.29 is 4.74 Å². The zero-order valence-electron chi connectivity index (χ0n) is 14.9. The number of aryl methyl sites for hydroxylation is 1. The summed E-state index contributed by atoms with van der Waals surface area (Å²) < 4.78 is 7.71. The SMILES string of the molecule is Cc1cc(C#CC2CC2)ccc1Cc1cn(C[C@H]2CCCCO2)nn1. The Morgan fingerprint density at radius 1 is 1.24 bits per heavy atom. The number of benzene rings is 1. The van der Waals surface area contributed by atoms with Crippen LogP contribution in [0.5, 0.6) is 0 Å². The monoisotopic (exact) mass is 335 g/mol. The van der Waals surface area contributed by atoms with Gasteiger partial charge in [0.25, 0.3) is 0 Å². The van der Waals surface area contributed by atoms with Gasteiger partial charge in [-0.25, -0.2) is 4.68 Å². The fourth-order valence-corrected chi connectivity index (χ4v) is 3.25. The van der Waals surface area contributed by atoms with Crippen LogP contribution < -0.4 is 0 Å². The van der Waals surface area contributed by atoms with Gasteiger partial charge in [-0.1, -0.05) is 23.1 Å². The maximum atomic E-state index is 5.78. The van der Waals surface area contributed by atoms with E-state index in [9.17, 15) is 0 Å². The largest absolute Gasteiger partial charge is 0.376 e. The summed E-state index contributed by atoms with van der Waals surface area (Å²) in [5.41, 5.74) is 4.69. The maximum absolute atomic E-state index is 5.78. The topological polar surface area (TPSA) is 39.9 Å². The van der Waals surface area contributed by atoms with E-state index in [2.05, 4.69) is 53.5 Å². The van der Waals surface area contributed by atoms with Crippen molar-refractivity contribution in [3.63, 3.8) is 0 Å². The highest BCUT2D eigenvalue weighted by molar-refractivity contribution is 5.42. The Bertz CT molecular complexity index is 789. The first-order valence-corrected chi connectivity index (χ1v) is 9.38. The molecule has 4 rings (SSSR count). The van der Waals surface area contributed by atoms with E-state index in [-0.39, 0.29) is 6.10 Å². The molecule has 4 nitrogen and oxygen atoms in total. The van der Waals surface area contributed by atoms with Gasteiger partial charge in [-0.15, -0.1) is 5.10 Å². The Balaban J connectivity index is 1.39. The molecule has 130 valence electrons. The molecule has 1 aliphatic heterocycles. The smallest absolute Gasteiger partial charge is 0.0870 e. The molecule has 1 saturated carbocycles. The van der Waals surface area contributed by atoms with E-state index < -0.39 is 0 Å². The molecule has 2 fully saturated rings. The van der Waals surface area contributed by atoms with Crippen molar-refractivity contribution in [1.29, 1.82) is 0 Å². The van der Waals surface area contributed by atoms with E-state index in [4.69, 9.17) is 4.74 Å². The number of hydrogen-bond donors (Lipinski definition) is 0. The van der Waals surface area contributed by atoms with Crippen LogP contribution in [-0.4, -0.2) is 27.7 Å². The van der Waals surface area contributed by atoms with Gasteiger partial charge in [0.15, 0.2) is 0 Å². The number of aromatic nitrogens is 3. The summed E-state index contributed by atoms with van der Waals surface area (Å²) in [7, 11) is 0. The van der Waals surface area contributed by atoms with Crippen molar-refractivity contribution in [3.8, 4) is 11.8 Å². The van der Waals surface area contributed by atoms with Gasteiger partial charge >= 0.3 is 0 Å². The van der Waals surface area contributed by atoms with Crippen molar-refractivity contribution >= 4 is 0 Å². The maximum Gasteiger partial charge on any atom is 0.0870 e. The van der Waals surface area contributed by atoms with Gasteiger partial charge in [0.2, 0.25) is 0 Å². The Morgan fingerprint density at radius 3 is 2.92 bits per heavy atom. The lowest BCUT2D eigenvalue weighted by Crippen LogP contribution is -2.24. The van der Waals surface area contributed by atoms with Gasteiger partial charge < -0.3 is 4.74 Å². The second-order valence-corrected chi connectivity index (χ2v) is 7.28. The van der Waals surface area contributed by atoms with Crippen molar-refractivity contribution in [3.05, 3.63) is 46.8 Å². The van der Waals surface area contributed by atoms with E-state index in [1.807, 2.05) is 4.68 Å². The Kier molecular flexibility index (Phi) is 4.85. The first kappa shape index (κ1) is 16.4. The second kappa shape index (κ2) is 7.41. The Labute approximate surface area is 149 Å². The van der Waals surface area contributed by atoms with Crippen LogP contribution in [-0.2, 0) is 17.7 Å². The summed E-state index contributed by atoms with van der Waals surface area (Å²) >= 11 is 0. The van der Waals surface area contributed by atoms with Crippen LogP contribution in [0.2, 0.25) is 0 Å². The van der Waals surface area contributed by atoms with Crippen molar-refractivity contribution in [2.45, 2.75) is 58.1 Å². The molecular weight excluding hydrogens is 310 g/mol. The van der Waals surface area contributed by atoms with Crippen LogP contribution in [0.3, 0.4) is 0 Å². The van der Waals surface area contributed by atoms with E-state index in [1.54, 1.807) is 0 Å². The molecule has 0 bridgehead atoms. The Morgan fingerprint density at radius 2 is 2.16 bits per heavy atom. The first-order chi connectivity index (χ1) is 12.3. The molecule has 2 heterocycles. The molecular formula is C21H25N3O. The molecule has 0 unspecified atom stereocenters. The average molecular weight is 335 g/mol. The molecule has 0 N–H and O–H groups in total. The van der Waals surface area contributed by atoms with Gasteiger partial charge in [0, 0.05) is 30.7 Å². The third kappa shape index (κ3) is 4.49. The normalized spacial score (nSPS) is 20.1. The third-order valence-corrected chi connectivity index (χ3v) is 4.96. The van der Waals surface area contributed by atoms with Gasteiger partial charge in [-0.05, 0) is 62.3 Å². The summed E-state index contributed by atoms with van der Waals surface area (Å²) in [6.07, 6.45) is 9.25. The third-order valence-electron chi connectivity index (χ3n) is 4.96. The molecule has 1 saturated heterocycles. The summed E-state index contributed by atoms with van der Waals surface area (Å²) in [6.45, 7) is 3.83. The molecule has 2 aliphatic rings. The highest BCUT2D eigenvalue weighted by Crippen LogP contribution is 2.27. The van der Waals surface area contributed by atoms with E-state index in [1.165, 1.54) is 36.8 Å². The fraction of sp³-hybridized carbons (Fsp3) is 0.524. The van der Waals surface area contributed by atoms with Crippen molar-refractivity contribution in [2.75, 3.05) is 6.61 Å². The Hall–Kier alpha value is -2.12. The molecule has 1 aromatic heterocycles. The van der Waals surface area contributed by atoms with Crippen LogP contribution in [0, 0.1) is 24.7 Å². The van der Waals surface area contributed by atoms with Crippen molar-refractivity contribution in [1.82, 2.24) is 15.0 Å². The minimum Gasteiger partial charge on any atom is -0.376 e. The van der Waals surface area contributed by atoms with Gasteiger partial charge in [-0.2, -0.15) is 0 Å². The van der Waals surface area contributed by atoms with Gasteiger partial charge in [0.05, 0.1) is 18.3 Å². The molecule has 0 radical (unpaired) electrons. The highest BCUT2D eigenvalue weighted by Gasteiger charge is 2.18. The van der Waals surface area contributed by atoms with Crippen LogP contribution in [0.25, 0.3) is 0 Å². The summed E-state index contributed by atoms with van der Waals surface area (Å²) in [5, 5.41) is 8.61. The van der Waals surface area contributed by atoms with Crippen LogP contribution in [0.1, 0.15) is 54.5 Å². The lowest BCUT2D eigenvalue weighted by Gasteiger charge is -2.21. The second-order valence-electron chi connectivity index (χ2n) is 7.28. The molecule has 1 aromatic carbocycles. The van der Waals surface area contributed by atoms with E-state index in [0.717, 1.165) is 37.3 Å². The van der Waals surface area contributed by atoms with Crippen LogP contribution in [0.15, 0.2) is 24.4 Å². The van der Waals surface area contributed by atoms with Gasteiger partial charge in [-0.3, -0.25) is 0 Å². The molecule has 0 amide bonds.